The SMILES string of the molecule is O=CC1=C(N2CCCCC2)c2ccccc2CC1. The van der Waals surface area contributed by atoms with Crippen LogP contribution in [-0.2, 0) is 11.2 Å². The quantitative estimate of drug-likeness (QED) is 0.742. The number of aldehydes is 1. The summed E-state index contributed by atoms with van der Waals surface area (Å²) in [5, 5.41) is 0. The maximum Gasteiger partial charge on any atom is 0.148 e. The Morgan fingerprint density at radius 2 is 1.78 bits per heavy atom. The molecular weight excluding hydrogens is 222 g/mol. The summed E-state index contributed by atoms with van der Waals surface area (Å²) >= 11 is 0. The average Bonchev–Trinajstić information content (AvgIpc) is 2.47. The lowest BCUT2D eigenvalue weighted by molar-refractivity contribution is -0.105. The molecule has 1 aromatic rings. The normalized spacial score (nSPS) is 19.7. The first-order valence-electron chi connectivity index (χ1n) is 6.91. The summed E-state index contributed by atoms with van der Waals surface area (Å²) in [4.78, 5) is 13.8. The number of fused-ring (bicyclic) bond motifs is 1. The van der Waals surface area contributed by atoms with Crippen molar-refractivity contribution in [3.05, 3.63) is 41.0 Å². The molecule has 2 nitrogen and oxygen atoms in total. The highest BCUT2D eigenvalue weighted by atomic mass is 16.1. The predicted molar refractivity (Wildman–Crippen MR) is 73.2 cm³/mol. The van der Waals surface area contributed by atoms with Gasteiger partial charge in [0.05, 0.1) is 5.70 Å². The molecule has 2 aliphatic rings. The highest BCUT2D eigenvalue weighted by Crippen LogP contribution is 2.34. The van der Waals surface area contributed by atoms with Crippen LogP contribution in [0.5, 0.6) is 0 Å². The first-order valence-corrected chi connectivity index (χ1v) is 6.91. The molecule has 0 amide bonds. The summed E-state index contributed by atoms with van der Waals surface area (Å²) < 4.78 is 0. The summed E-state index contributed by atoms with van der Waals surface area (Å²) in [6, 6.07) is 8.54. The van der Waals surface area contributed by atoms with Crippen molar-refractivity contribution < 1.29 is 4.79 Å². The number of hydrogen-bond acceptors (Lipinski definition) is 2. The highest BCUT2D eigenvalue weighted by molar-refractivity contribution is 5.89. The molecule has 1 saturated heterocycles. The third kappa shape index (κ3) is 1.96. The van der Waals surface area contributed by atoms with E-state index in [1.165, 1.54) is 36.1 Å². The van der Waals surface area contributed by atoms with Crippen molar-refractivity contribution in [3.8, 4) is 0 Å². The van der Waals surface area contributed by atoms with Crippen molar-refractivity contribution in [2.24, 2.45) is 0 Å². The van der Waals surface area contributed by atoms with Crippen LogP contribution in [0.1, 0.15) is 36.8 Å². The second-order valence-corrected chi connectivity index (χ2v) is 5.20. The van der Waals surface area contributed by atoms with Gasteiger partial charge in [0.15, 0.2) is 0 Å². The maximum absolute atomic E-state index is 11.3. The van der Waals surface area contributed by atoms with Gasteiger partial charge < -0.3 is 4.90 Å². The van der Waals surface area contributed by atoms with Gasteiger partial charge in [0, 0.05) is 24.2 Å². The Morgan fingerprint density at radius 1 is 1.00 bits per heavy atom. The smallest absolute Gasteiger partial charge is 0.148 e. The summed E-state index contributed by atoms with van der Waals surface area (Å²) in [7, 11) is 0. The third-order valence-electron chi connectivity index (χ3n) is 4.05. The number of allylic oxidation sites excluding steroid dienone is 1. The van der Waals surface area contributed by atoms with Crippen LogP contribution in [-0.4, -0.2) is 24.3 Å². The van der Waals surface area contributed by atoms with E-state index >= 15 is 0 Å². The van der Waals surface area contributed by atoms with Gasteiger partial charge in [-0.3, -0.25) is 4.79 Å². The first-order chi connectivity index (χ1) is 8.90. The van der Waals surface area contributed by atoms with Gasteiger partial charge in [-0.15, -0.1) is 0 Å². The molecular formula is C16H19NO. The fourth-order valence-electron chi connectivity index (χ4n) is 3.14. The Hall–Kier alpha value is -1.57. The number of nitrogens with zero attached hydrogens (tertiary/aromatic N) is 1. The molecule has 0 atom stereocenters. The lowest BCUT2D eigenvalue weighted by Gasteiger charge is -2.35. The molecule has 94 valence electrons. The van der Waals surface area contributed by atoms with Gasteiger partial charge in [-0.1, -0.05) is 24.3 Å². The van der Waals surface area contributed by atoms with Crippen molar-refractivity contribution in [1.29, 1.82) is 0 Å². The van der Waals surface area contributed by atoms with E-state index in [0.29, 0.717) is 0 Å². The zero-order valence-corrected chi connectivity index (χ0v) is 10.7. The Labute approximate surface area is 108 Å². The number of benzene rings is 1. The lowest BCUT2D eigenvalue weighted by atomic mass is 9.88. The van der Waals surface area contributed by atoms with Crippen LogP contribution < -0.4 is 0 Å². The average molecular weight is 241 g/mol. The van der Waals surface area contributed by atoms with E-state index in [0.717, 1.165) is 37.8 Å². The summed E-state index contributed by atoms with van der Waals surface area (Å²) in [5.41, 5.74) is 4.89. The van der Waals surface area contributed by atoms with Gasteiger partial charge in [0.1, 0.15) is 6.29 Å². The Balaban J connectivity index is 2.05. The van der Waals surface area contributed by atoms with Crippen LogP contribution in [0.4, 0.5) is 0 Å². The first kappa shape index (κ1) is 11.5. The van der Waals surface area contributed by atoms with Gasteiger partial charge in [0.25, 0.3) is 0 Å². The molecule has 1 fully saturated rings. The van der Waals surface area contributed by atoms with E-state index in [-0.39, 0.29) is 0 Å². The number of rotatable bonds is 2. The van der Waals surface area contributed by atoms with Crippen molar-refractivity contribution in [2.45, 2.75) is 32.1 Å². The minimum Gasteiger partial charge on any atom is -0.371 e. The van der Waals surface area contributed by atoms with Gasteiger partial charge in [-0.2, -0.15) is 0 Å². The van der Waals surface area contributed by atoms with Crippen molar-refractivity contribution in [1.82, 2.24) is 4.90 Å². The second kappa shape index (κ2) is 4.97. The Bertz CT molecular complexity index is 484. The van der Waals surface area contributed by atoms with Gasteiger partial charge in [-0.05, 0) is 37.7 Å². The number of carbonyl (C=O) groups is 1. The number of piperidine rings is 1. The number of likely N-dealkylation sites (tertiary alicyclic amines) is 1. The maximum atomic E-state index is 11.3. The fourth-order valence-corrected chi connectivity index (χ4v) is 3.14. The molecule has 0 unspecified atom stereocenters. The van der Waals surface area contributed by atoms with E-state index in [4.69, 9.17) is 0 Å². The van der Waals surface area contributed by atoms with Crippen molar-refractivity contribution >= 4 is 12.0 Å². The van der Waals surface area contributed by atoms with Gasteiger partial charge in [0.2, 0.25) is 0 Å². The van der Waals surface area contributed by atoms with Crippen LogP contribution in [0.2, 0.25) is 0 Å². The van der Waals surface area contributed by atoms with E-state index in [1.807, 2.05) is 0 Å². The van der Waals surface area contributed by atoms with Gasteiger partial charge in [-0.25, -0.2) is 0 Å². The largest absolute Gasteiger partial charge is 0.371 e. The van der Waals surface area contributed by atoms with Crippen LogP contribution in [0, 0.1) is 0 Å². The van der Waals surface area contributed by atoms with Crippen molar-refractivity contribution in [2.75, 3.05) is 13.1 Å². The predicted octanol–water partition coefficient (Wildman–Crippen LogP) is 3.03. The molecule has 0 spiro atoms. The van der Waals surface area contributed by atoms with E-state index in [1.54, 1.807) is 0 Å². The molecule has 2 heteroatoms. The highest BCUT2D eigenvalue weighted by Gasteiger charge is 2.23. The molecule has 18 heavy (non-hydrogen) atoms. The molecule has 1 aromatic carbocycles. The Morgan fingerprint density at radius 3 is 2.56 bits per heavy atom. The molecule has 0 radical (unpaired) electrons. The van der Waals surface area contributed by atoms with Crippen LogP contribution in [0.15, 0.2) is 29.8 Å². The van der Waals surface area contributed by atoms with E-state index in [2.05, 4.69) is 29.2 Å². The molecule has 0 bridgehead atoms. The Kier molecular flexibility index (Phi) is 3.18. The standard InChI is InChI=1S/C16H19NO/c18-12-14-9-8-13-6-2-3-7-15(13)16(14)17-10-4-1-5-11-17/h2-3,6-7,12H,1,4-5,8-11H2. The lowest BCUT2D eigenvalue weighted by Crippen LogP contribution is -2.31. The van der Waals surface area contributed by atoms with Crippen LogP contribution in [0.3, 0.4) is 0 Å². The van der Waals surface area contributed by atoms with E-state index < -0.39 is 0 Å². The summed E-state index contributed by atoms with van der Waals surface area (Å²) in [6.07, 6.45) is 6.78. The minimum atomic E-state index is 0.895. The number of carbonyl (C=O) groups excluding carboxylic acids is 1. The topological polar surface area (TPSA) is 20.3 Å². The summed E-state index contributed by atoms with van der Waals surface area (Å²) in [5.74, 6) is 0. The molecule has 1 heterocycles. The zero-order chi connectivity index (χ0) is 12.4. The van der Waals surface area contributed by atoms with Gasteiger partial charge >= 0.3 is 0 Å². The van der Waals surface area contributed by atoms with E-state index in [9.17, 15) is 4.79 Å². The summed E-state index contributed by atoms with van der Waals surface area (Å²) in [6.45, 7) is 2.20. The molecule has 0 aromatic heterocycles. The fraction of sp³-hybridized carbons (Fsp3) is 0.438. The third-order valence-corrected chi connectivity index (χ3v) is 4.05. The molecule has 1 aliphatic heterocycles. The number of hydrogen-bond donors (Lipinski definition) is 0. The van der Waals surface area contributed by atoms with Crippen LogP contribution >= 0.6 is 0 Å². The minimum absolute atomic E-state index is 0.895. The molecule has 0 N–H and O–H groups in total. The number of aryl methyl sites for hydroxylation is 1. The van der Waals surface area contributed by atoms with Crippen molar-refractivity contribution in [3.63, 3.8) is 0 Å². The molecule has 1 aliphatic carbocycles. The van der Waals surface area contributed by atoms with Crippen LogP contribution in [0.25, 0.3) is 5.70 Å². The molecule has 0 saturated carbocycles. The zero-order valence-electron chi connectivity index (χ0n) is 10.7. The molecule has 3 rings (SSSR count). The second-order valence-electron chi connectivity index (χ2n) is 5.20. The monoisotopic (exact) mass is 241 g/mol.